The van der Waals surface area contributed by atoms with Crippen LogP contribution in [0.25, 0.3) is 11.0 Å². The number of pyridine rings is 1. The van der Waals surface area contributed by atoms with Crippen LogP contribution in [-0.4, -0.2) is 14.7 Å². The number of aromatic nitrogens is 3. The molecule has 0 amide bonds. The van der Waals surface area contributed by atoms with Crippen molar-refractivity contribution < 1.29 is 4.84 Å². The molecule has 2 aromatic heterocycles. The zero-order chi connectivity index (χ0) is 13.9. The Labute approximate surface area is 113 Å². The summed E-state index contributed by atoms with van der Waals surface area (Å²) in [5.74, 6) is 0. The summed E-state index contributed by atoms with van der Waals surface area (Å²) in [6.07, 6.45) is 1.50. The molecule has 0 fully saturated rings. The molecule has 0 spiro atoms. The van der Waals surface area contributed by atoms with Crippen molar-refractivity contribution in [1.29, 1.82) is 0 Å². The van der Waals surface area contributed by atoms with E-state index in [0.29, 0.717) is 5.39 Å². The molecule has 0 saturated carbocycles. The van der Waals surface area contributed by atoms with Crippen LogP contribution in [-0.2, 0) is 6.61 Å². The minimum absolute atomic E-state index is 0.206. The molecule has 1 N–H and O–H groups in total. The fourth-order valence-corrected chi connectivity index (χ4v) is 1.88. The van der Waals surface area contributed by atoms with E-state index in [0.717, 1.165) is 10.3 Å². The van der Waals surface area contributed by atoms with Crippen LogP contribution in [0.1, 0.15) is 5.56 Å². The lowest BCUT2D eigenvalue weighted by Gasteiger charge is -2.09. The van der Waals surface area contributed by atoms with Gasteiger partial charge in [-0.1, -0.05) is 30.3 Å². The Kier molecular flexibility index (Phi) is 3.04. The highest BCUT2D eigenvalue weighted by Gasteiger charge is 2.08. The van der Waals surface area contributed by atoms with Crippen LogP contribution in [0.4, 0.5) is 0 Å². The molecule has 20 heavy (non-hydrogen) atoms. The van der Waals surface area contributed by atoms with Crippen molar-refractivity contribution in [2.24, 2.45) is 0 Å². The number of nitrogens with one attached hydrogen (secondary N) is 1. The molecule has 0 bridgehead atoms. The fourth-order valence-electron chi connectivity index (χ4n) is 1.88. The second-order valence-electron chi connectivity index (χ2n) is 4.19. The van der Waals surface area contributed by atoms with Crippen molar-refractivity contribution in [3.8, 4) is 0 Å². The first-order chi connectivity index (χ1) is 9.75. The largest absolute Gasteiger partial charge is 0.403 e. The fraction of sp³-hybridized carbons (Fsp3) is 0.0714. The third-order valence-corrected chi connectivity index (χ3v) is 2.83. The van der Waals surface area contributed by atoms with Crippen molar-refractivity contribution in [1.82, 2.24) is 14.7 Å². The second-order valence-corrected chi connectivity index (χ2v) is 4.19. The predicted octanol–water partition coefficient (Wildman–Crippen LogP) is 0.714. The van der Waals surface area contributed by atoms with Crippen molar-refractivity contribution in [3.63, 3.8) is 0 Å². The maximum Gasteiger partial charge on any atom is 0.363 e. The zero-order valence-corrected chi connectivity index (χ0v) is 10.4. The summed E-state index contributed by atoms with van der Waals surface area (Å²) < 4.78 is 1.00. The topological polar surface area (TPSA) is 77.0 Å². The normalized spacial score (nSPS) is 10.6. The summed E-state index contributed by atoms with van der Waals surface area (Å²) in [6, 6.07) is 12.6. The summed E-state index contributed by atoms with van der Waals surface area (Å²) in [5, 5.41) is 0.306. The molecule has 0 aliphatic heterocycles. The molecule has 0 aliphatic rings. The van der Waals surface area contributed by atoms with Crippen molar-refractivity contribution in [2.45, 2.75) is 6.61 Å². The maximum atomic E-state index is 11.8. The van der Waals surface area contributed by atoms with Crippen LogP contribution in [0.15, 0.2) is 58.3 Å². The van der Waals surface area contributed by atoms with E-state index in [1.807, 2.05) is 30.3 Å². The molecule has 6 heteroatoms. The van der Waals surface area contributed by atoms with Gasteiger partial charge in [-0.2, -0.15) is 0 Å². The van der Waals surface area contributed by atoms with Crippen LogP contribution in [0.2, 0.25) is 0 Å². The van der Waals surface area contributed by atoms with E-state index in [-0.39, 0.29) is 12.3 Å². The van der Waals surface area contributed by atoms with Gasteiger partial charge in [0.15, 0.2) is 5.65 Å². The quantitative estimate of drug-likeness (QED) is 0.759. The van der Waals surface area contributed by atoms with Gasteiger partial charge in [0.25, 0.3) is 5.56 Å². The molecule has 0 aliphatic carbocycles. The number of benzene rings is 1. The highest BCUT2D eigenvalue weighted by atomic mass is 16.7. The molecular formula is C14H11N3O3. The minimum Gasteiger partial charge on any atom is -0.403 e. The van der Waals surface area contributed by atoms with Gasteiger partial charge in [-0.3, -0.25) is 9.78 Å². The molecule has 100 valence electrons. The average molecular weight is 269 g/mol. The molecule has 3 rings (SSSR count). The molecule has 0 unspecified atom stereocenters. The Morgan fingerprint density at radius 2 is 1.90 bits per heavy atom. The van der Waals surface area contributed by atoms with Crippen LogP contribution in [0.3, 0.4) is 0 Å². The number of hydrogen-bond donors (Lipinski definition) is 1. The van der Waals surface area contributed by atoms with Gasteiger partial charge in [0.05, 0.1) is 5.39 Å². The Hall–Kier alpha value is -2.89. The van der Waals surface area contributed by atoms with Gasteiger partial charge in [-0.25, -0.2) is 9.78 Å². The monoisotopic (exact) mass is 269 g/mol. The maximum absolute atomic E-state index is 11.8. The van der Waals surface area contributed by atoms with E-state index in [1.165, 1.54) is 6.20 Å². The Bertz CT molecular complexity index is 853. The van der Waals surface area contributed by atoms with Crippen LogP contribution in [0, 0.1) is 0 Å². The second kappa shape index (κ2) is 5.00. The summed E-state index contributed by atoms with van der Waals surface area (Å²) in [7, 11) is 0. The third kappa shape index (κ3) is 2.18. The lowest BCUT2D eigenvalue weighted by atomic mass is 10.2. The third-order valence-electron chi connectivity index (χ3n) is 2.83. The Morgan fingerprint density at radius 1 is 1.10 bits per heavy atom. The molecule has 3 aromatic rings. The van der Waals surface area contributed by atoms with E-state index in [4.69, 9.17) is 4.84 Å². The predicted molar refractivity (Wildman–Crippen MR) is 73.3 cm³/mol. The van der Waals surface area contributed by atoms with Gasteiger partial charge >= 0.3 is 5.69 Å². The number of H-pyrrole nitrogens is 1. The molecule has 1 aromatic carbocycles. The standard InChI is InChI=1S/C14H11N3O3/c18-13-11-7-4-8-15-12(11)17(14(19)16-13)20-9-10-5-2-1-3-6-10/h1-8H,9H2,(H,16,18,19). The van der Waals surface area contributed by atoms with Gasteiger partial charge in [-0.15, -0.1) is 4.73 Å². The van der Waals surface area contributed by atoms with Gasteiger partial charge in [0.1, 0.15) is 6.61 Å². The molecular weight excluding hydrogens is 258 g/mol. The van der Waals surface area contributed by atoms with Gasteiger partial charge in [0, 0.05) is 6.20 Å². The Morgan fingerprint density at radius 3 is 2.70 bits per heavy atom. The van der Waals surface area contributed by atoms with Gasteiger partial charge < -0.3 is 4.84 Å². The smallest absolute Gasteiger partial charge is 0.363 e. The summed E-state index contributed by atoms with van der Waals surface area (Å²) in [4.78, 5) is 35.2. The van der Waals surface area contributed by atoms with E-state index >= 15 is 0 Å². The van der Waals surface area contributed by atoms with Crippen molar-refractivity contribution in [2.75, 3.05) is 0 Å². The first kappa shape index (κ1) is 12.2. The number of hydrogen-bond acceptors (Lipinski definition) is 4. The molecule has 2 heterocycles. The van der Waals surface area contributed by atoms with E-state index < -0.39 is 11.2 Å². The van der Waals surface area contributed by atoms with Gasteiger partial charge in [0.2, 0.25) is 0 Å². The summed E-state index contributed by atoms with van der Waals surface area (Å²) in [6.45, 7) is 0.207. The number of fused-ring (bicyclic) bond motifs is 1. The van der Waals surface area contributed by atoms with Gasteiger partial charge in [-0.05, 0) is 17.7 Å². The summed E-state index contributed by atoms with van der Waals surface area (Å²) in [5.41, 5.74) is 0.00153. The first-order valence-corrected chi connectivity index (χ1v) is 6.03. The SMILES string of the molecule is O=c1[nH]c(=O)n(OCc2ccccc2)c2ncccc12. The van der Waals surface area contributed by atoms with E-state index in [9.17, 15) is 9.59 Å². The highest BCUT2D eigenvalue weighted by molar-refractivity contribution is 5.72. The van der Waals surface area contributed by atoms with E-state index in [2.05, 4.69) is 9.97 Å². The zero-order valence-electron chi connectivity index (χ0n) is 10.4. The summed E-state index contributed by atoms with van der Waals surface area (Å²) >= 11 is 0. The van der Waals surface area contributed by atoms with Crippen molar-refractivity contribution >= 4 is 11.0 Å². The first-order valence-electron chi connectivity index (χ1n) is 6.03. The van der Waals surface area contributed by atoms with E-state index in [1.54, 1.807) is 12.1 Å². The number of rotatable bonds is 3. The molecule has 0 atom stereocenters. The number of nitrogens with zero attached hydrogens (tertiary/aromatic N) is 2. The molecule has 0 saturated heterocycles. The van der Waals surface area contributed by atoms with Crippen LogP contribution < -0.4 is 16.1 Å². The number of aromatic amines is 1. The molecule has 0 radical (unpaired) electrons. The van der Waals surface area contributed by atoms with Crippen molar-refractivity contribution in [3.05, 3.63) is 75.1 Å². The van der Waals surface area contributed by atoms with Crippen LogP contribution >= 0.6 is 0 Å². The lowest BCUT2D eigenvalue weighted by Crippen LogP contribution is -2.34. The average Bonchev–Trinajstić information content (AvgIpc) is 2.48. The Balaban J connectivity index is 2.03. The van der Waals surface area contributed by atoms with Crippen LogP contribution in [0.5, 0.6) is 0 Å². The highest BCUT2D eigenvalue weighted by Crippen LogP contribution is 2.03. The molecule has 6 nitrogen and oxygen atoms in total. The minimum atomic E-state index is -0.642. The lowest BCUT2D eigenvalue weighted by molar-refractivity contribution is 0.0947.